The van der Waals surface area contributed by atoms with Gasteiger partial charge >= 0.3 is 0 Å². The molecular formula is C37H38N4O3. The molecule has 2 atom stereocenters. The molecule has 4 aromatic rings. The SMILES string of the molecule is CCCCOc1ccc2ccccc2c1C(C1C(=O)N(c2ccc(C)cc2)N=C1C)C1C(=O)N(c2ccc(C)cc2)N=C1C. The van der Waals surface area contributed by atoms with Crippen LogP contribution in [0.3, 0.4) is 0 Å². The van der Waals surface area contributed by atoms with E-state index in [2.05, 4.69) is 19.1 Å². The number of aryl methyl sites for hydroxylation is 2. The Hall–Kier alpha value is -4.78. The number of hydrazone groups is 2. The molecule has 2 heterocycles. The second-order valence-electron chi connectivity index (χ2n) is 11.8. The fourth-order valence-electron chi connectivity index (χ4n) is 6.33. The molecule has 0 aliphatic carbocycles. The van der Waals surface area contributed by atoms with Crippen molar-refractivity contribution in [3.63, 3.8) is 0 Å². The van der Waals surface area contributed by atoms with Crippen molar-refractivity contribution in [2.45, 2.75) is 53.4 Å². The highest BCUT2D eigenvalue weighted by Gasteiger charge is 2.51. The van der Waals surface area contributed by atoms with Gasteiger partial charge in [0.05, 0.1) is 29.8 Å². The van der Waals surface area contributed by atoms with Gasteiger partial charge in [-0.05, 0) is 75.2 Å². The van der Waals surface area contributed by atoms with E-state index >= 15 is 0 Å². The lowest BCUT2D eigenvalue weighted by molar-refractivity contribution is -0.122. The van der Waals surface area contributed by atoms with Gasteiger partial charge in [-0.15, -0.1) is 0 Å². The number of fused-ring (bicyclic) bond motifs is 1. The fraction of sp³-hybridized carbons (Fsp3) is 0.297. The van der Waals surface area contributed by atoms with Crippen molar-refractivity contribution in [3.05, 3.63) is 102 Å². The first kappa shape index (κ1) is 29.3. The van der Waals surface area contributed by atoms with Crippen LogP contribution in [0.1, 0.15) is 56.2 Å². The van der Waals surface area contributed by atoms with E-state index in [9.17, 15) is 9.59 Å². The number of hydrogen-bond acceptors (Lipinski definition) is 5. The number of amides is 2. The number of anilines is 2. The van der Waals surface area contributed by atoms with Crippen molar-refractivity contribution in [1.29, 1.82) is 0 Å². The monoisotopic (exact) mass is 586 g/mol. The molecule has 7 nitrogen and oxygen atoms in total. The third kappa shape index (κ3) is 5.27. The molecule has 2 amide bonds. The molecule has 0 spiro atoms. The number of carbonyl (C=O) groups is 2. The summed E-state index contributed by atoms with van der Waals surface area (Å²) in [5, 5.41) is 14.5. The molecule has 0 saturated carbocycles. The highest BCUT2D eigenvalue weighted by atomic mass is 16.5. The summed E-state index contributed by atoms with van der Waals surface area (Å²) in [6.45, 7) is 10.5. The van der Waals surface area contributed by atoms with Gasteiger partial charge in [-0.2, -0.15) is 10.2 Å². The predicted octanol–water partition coefficient (Wildman–Crippen LogP) is 7.80. The molecule has 0 saturated heterocycles. The maximum absolute atomic E-state index is 14.5. The minimum Gasteiger partial charge on any atom is -0.493 e. The lowest BCUT2D eigenvalue weighted by Gasteiger charge is -2.31. The lowest BCUT2D eigenvalue weighted by Crippen LogP contribution is -2.40. The van der Waals surface area contributed by atoms with Crippen molar-refractivity contribution in [3.8, 4) is 5.75 Å². The number of ether oxygens (including phenoxy) is 1. The summed E-state index contributed by atoms with van der Waals surface area (Å²) in [6.07, 6.45) is 1.88. The van der Waals surface area contributed by atoms with Gasteiger partial charge in [0.2, 0.25) is 0 Å². The molecule has 6 rings (SSSR count). The quantitative estimate of drug-likeness (QED) is 0.188. The Morgan fingerprint density at radius 2 is 1.23 bits per heavy atom. The molecule has 0 bridgehead atoms. The van der Waals surface area contributed by atoms with Gasteiger partial charge in [0.1, 0.15) is 5.75 Å². The molecule has 2 unspecified atom stereocenters. The van der Waals surface area contributed by atoms with Crippen LogP contribution < -0.4 is 14.8 Å². The molecule has 0 N–H and O–H groups in total. The smallest absolute Gasteiger partial charge is 0.256 e. The molecule has 4 aromatic carbocycles. The maximum atomic E-state index is 14.5. The number of hydrogen-bond donors (Lipinski definition) is 0. The minimum atomic E-state index is -0.701. The average molecular weight is 587 g/mol. The zero-order valence-electron chi connectivity index (χ0n) is 25.9. The first-order chi connectivity index (χ1) is 21.3. The maximum Gasteiger partial charge on any atom is 0.256 e. The van der Waals surface area contributed by atoms with Gasteiger partial charge in [-0.3, -0.25) is 9.59 Å². The molecule has 7 heteroatoms. The van der Waals surface area contributed by atoms with Crippen LogP contribution in [0.15, 0.2) is 95.1 Å². The Balaban J connectivity index is 1.53. The second kappa shape index (κ2) is 12.1. The van der Waals surface area contributed by atoms with E-state index in [1.54, 1.807) is 0 Å². The largest absolute Gasteiger partial charge is 0.493 e. The minimum absolute atomic E-state index is 0.168. The van der Waals surface area contributed by atoms with E-state index < -0.39 is 17.8 Å². The zero-order chi connectivity index (χ0) is 31.0. The van der Waals surface area contributed by atoms with Crippen LogP contribution in [0.5, 0.6) is 5.75 Å². The first-order valence-corrected chi connectivity index (χ1v) is 15.3. The van der Waals surface area contributed by atoms with E-state index in [-0.39, 0.29) is 11.8 Å². The Bertz CT molecular complexity index is 1690. The summed E-state index contributed by atoms with van der Waals surface area (Å²) in [7, 11) is 0. The topological polar surface area (TPSA) is 74.6 Å². The van der Waals surface area contributed by atoms with Crippen LogP contribution in [0.4, 0.5) is 11.4 Å². The summed E-state index contributed by atoms with van der Waals surface area (Å²) >= 11 is 0. The Labute approximate surface area is 258 Å². The molecule has 0 radical (unpaired) electrons. The number of nitrogens with zero attached hydrogens (tertiary/aromatic N) is 4. The summed E-state index contributed by atoms with van der Waals surface area (Å²) in [6, 6.07) is 27.6. The van der Waals surface area contributed by atoms with Gasteiger partial charge in [0.25, 0.3) is 11.8 Å². The van der Waals surface area contributed by atoms with Crippen molar-refractivity contribution in [1.82, 2.24) is 0 Å². The normalized spacial score (nSPS) is 19.0. The number of benzene rings is 4. The van der Waals surface area contributed by atoms with Gasteiger partial charge in [0, 0.05) is 22.9 Å². The molecule has 0 fully saturated rings. The zero-order valence-corrected chi connectivity index (χ0v) is 25.9. The standard InChI is InChI=1S/C37H38N4O3/c1-6-7-22-44-31-21-16-27-10-8-9-11-30(27)34(31)35(32-25(4)38-40(36(32)42)28-17-12-23(2)13-18-28)33-26(5)39-41(37(33)43)29-19-14-24(3)15-20-29/h8-21,32-33,35H,6-7,22H2,1-5H3. The van der Waals surface area contributed by atoms with Crippen LogP contribution in [0, 0.1) is 25.7 Å². The van der Waals surface area contributed by atoms with E-state index in [1.807, 2.05) is 100 Å². The first-order valence-electron chi connectivity index (χ1n) is 15.3. The summed E-state index contributed by atoms with van der Waals surface area (Å²) < 4.78 is 6.45. The van der Waals surface area contributed by atoms with Crippen molar-refractivity contribution >= 4 is 45.4 Å². The van der Waals surface area contributed by atoms with Crippen LogP contribution in [0.2, 0.25) is 0 Å². The molecule has 224 valence electrons. The number of carbonyl (C=O) groups excluding carboxylic acids is 2. The summed E-state index contributed by atoms with van der Waals surface area (Å²) in [5.41, 5.74) is 5.74. The molecule has 2 aliphatic rings. The van der Waals surface area contributed by atoms with E-state index in [0.717, 1.165) is 40.3 Å². The Morgan fingerprint density at radius 3 is 1.75 bits per heavy atom. The lowest BCUT2D eigenvalue weighted by atomic mass is 9.71. The Kier molecular flexibility index (Phi) is 8.04. The summed E-state index contributed by atoms with van der Waals surface area (Å²) in [5.74, 6) is -1.65. The fourth-order valence-corrected chi connectivity index (χ4v) is 6.33. The average Bonchev–Trinajstić information content (AvgIpc) is 3.48. The number of rotatable bonds is 9. The summed E-state index contributed by atoms with van der Waals surface area (Å²) in [4.78, 5) is 29.0. The highest BCUT2D eigenvalue weighted by molar-refractivity contribution is 6.20. The van der Waals surface area contributed by atoms with Gasteiger partial charge < -0.3 is 4.74 Å². The van der Waals surface area contributed by atoms with E-state index in [4.69, 9.17) is 14.9 Å². The van der Waals surface area contributed by atoms with E-state index in [1.165, 1.54) is 10.0 Å². The molecular weight excluding hydrogens is 548 g/mol. The third-order valence-electron chi connectivity index (χ3n) is 8.66. The van der Waals surface area contributed by atoms with Crippen LogP contribution in [0.25, 0.3) is 10.8 Å². The highest BCUT2D eigenvalue weighted by Crippen LogP contribution is 2.48. The van der Waals surface area contributed by atoms with Gasteiger partial charge in [0.15, 0.2) is 0 Å². The van der Waals surface area contributed by atoms with Gasteiger partial charge in [-0.25, -0.2) is 10.0 Å². The van der Waals surface area contributed by atoms with E-state index in [0.29, 0.717) is 35.2 Å². The molecule has 2 aliphatic heterocycles. The third-order valence-corrected chi connectivity index (χ3v) is 8.66. The van der Waals surface area contributed by atoms with Crippen molar-refractivity contribution in [2.75, 3.05) is 16.6 Å². The van der Waals surface area contributed by atoms with Crippen molar-refractivity contribution in [2.24, 2.45) is 22.0 Å². The van der Waals surface area contributed by atoms with Crippen molar-refractivity contribution < 1.29 is 14.3 Å². The molecule has 0 aromatic heterocycles. The molecule has 44 heavy (non-hydrogen) atoms. The second-order valence-corrected chi connectivity index (χ2v) is 11.8. The Morgan fingerprint density at radius 1 is 0.705 bits per heavy atom. The number of unbranched alkanes of at least 4 members (excludes halogenated alkanes) is 1. The predicted molar refractivity (Wildman–Crippen MR) is 178 cm³/mol. The van der Waals surface area contributed by atoms with Crippen LogP contribution in [-0.2, 0) is 9.59 Å². The van der Waals surface area contributed by atoms with Crippen LogP contribution >= 0.6 is 0 Å². The van der Waals surface area contributed by atoms with Crippen LogP contribution in [-0.4, -0.2) is 29.8 Å². The van der Waals surface area contributed by atoms with Gasteiger partial charge in [-0.1, -0.05) is 79.1 Å².